The minimum Gasteiger partial charge on any atom is -0.202 e. The number of anilines is 2. The number of nitrogens with zero attached hydrogens (tertiary/aromatic N) is 1. The van der Waals surface area contributed by atoms with Gasteiger partial charge in [0.25, 0.3) is 10.1 Å². The Morgan fingerprint density at radius 1 is 1.04 bits per heavy atom. The molecular weight excluding hydrogens is 330 g/mol. The van der Waals surface area contributed by atoms with Gasteiger partial charge in [-0.05, 0) is 42.7 Å². The van der Waals surface area contributed by atoms with Gasteiger partial charge < -0.3 is 0 Å². The fourth-order valence-corrected chi connectivity index (χ4v) is 4.45. The van der Waals surface area contributed by atoms with Crippen LogP contribution in [0.25, 0.3) is 0 Å². The van der Waals surface area contributed by atoms with E-state index >= 15 is 0 Å². The lowest BCUT2D eigenvalue weighted by Gasteiger charge is -2.31. The van der Waals surface area contributed by atoms with Crippen LogP contribution in [0.1, 0.15) is 25.8 Å². The molecule has 0 radical (unpaired) electrons. The second-order valence-corrected chi connectivity index (χ2v) is 8.11. The van der Waals surface area contributed by atoms with Crippen LogP contribution in [-0.4, -0.2) is 14.2 Å². The molecule has 4 nitrogen and oxygen atoms in total. The quantitative estimate of drug-likeness (QED) is 0.794. The van der Waals surface area contributed by atoms with E-state index in [-0.39, 0.29) is 5.75 Å². The molecule has 0 atom stereocenters. The summed E-state index contributed by atoms with van der Waals surface area (Å²) in [5.41, 5.74) is 2.69. The van der Waals surface area contributed by atoms with Crippen LogP contribution in [0.2, 0.25) is 0 Å². The first-order valence-electron chi connectivity index (χ1n) is 7.66. The number of rotatable bonds is 5. The van der Waals surface area contributed by atoms with Crippen molar-refractivity contribution in [1.82, 2.24) is 0 Å². The van der Waals surface area contributed by atoms with Gasteiger partial charge in [0.15, 0.2) is 0 Å². The highest BCUT2D eigenvalue weighted by Gasteiger charge is 2.28. The molecule has 6 heteroatoms. The molecule has 0 fully saturated rings. The van der Waals surface area contributed by atoms with Crippen LogP contribution < -0.4 is 5.06 Å². The van der Waals surface area contributed by atoms with Crippen molar-refractivity contribution in [3.63, 3.8) is 0 Å². The highest BCUT2D eigenvalue weighted by atomic mass is 32.2. The topological polar surface area (TPSA) is 46.6 Å². The Balaban J connectivity index is 2.09. The Bertz CT molecular complexity index is 818. The average Bonchev–Trinajstić information content (AvgIpc) is 2.54. The molecule has 0 amide bonds. The number of hydrogen-bond acceptors (Lipinski definition) is 5. The minimum absolute atomic E-state index is 0.00160. The lowest BCUT2D eigenvalue weighted by atomic mass is 10.1. The van der Waals surface area contributed by atoms with Crippen LogP contribution in [-0.2, 0) is 20.8 Å². The second-order valence-electron chi connectivity index (χ2n) is 5.36. The first-order chi connectivity index (χ1) is 11.0. The van der Waals surface area contributed by atoms with E-state index in [1.807, 2.05) is 43.3 Å². The Morgan fingerprint density at radius 2 is 1.78 bits per heavy atom. The number of hydrogen-bond donors (Lipinski definition) is 0. The van der Waals surface area contributed by atoms with E-state index in [2.05, 4.69) is 13.0 Å². The zero-order valence-corrected chi connectivity index (χ0v) is 14.8. The molecule has 1 aliphatic heterocycles. The Labute approximate surface area is 141 Å². The lowest BCUT2D eigenvalue weighted by molar-refractivity contribution is 0.319. The van der Waals surface area contributed by atoms with Gasteiger partial charge >= 0.3 is 0 Å². The third kappa shape index (κ3) is 3.39. The van der Waals surface area contributed by atoms with E-state index < -0.39 is 10.1 Å². The number of fused-ring (bicyclic) bond motifs is 2. The van der Waals surface area contributed by atoms with Crippen LogP contribution in [0.5, 0.6) is 0 Å². The molecule has 0 spiro atoms. The molecule has 1 heterocycles. The Kier molecular flexibility index (Phi) is 4.66. The van der Waals surface area contributed by atoms with Crippen molar-refractivity contribution in [2.45, 2.75) is 36.5 Å². The molecule has 23 heavy (non-hydrogen) atoms. The normalized spacial score (nSPS) is 13.6. The van der Waals surface area contributed by atoms with Crippen molar-refractivity contribution in [2.75, 3.05) is 10.8 Å². The van der Waals surface area contributed by atoms with Crippen molar-refractivity contribution in [3.05, 3.63) is 48.0 Å². The first kappa shape index (κ1) is 16.4. The molecule has 0 unspecified atom stereocenters. The summed E-state index contributed by atoms with van der Waals surface area (Å²) < 4.78 is 29.9. The van der Waals surface area contributed by atoms with E-state index in [4.69, 9.17) is 4.28 Å². The van der Waals surface area contributed by atoms with E-state index in [1.54, 1.807) is 11.8 Å². The average molecular weight is 349 g/mol. The number of benzene rings is 2. The second kappa shape index (κ2) is 6.55. The van der Waals surface area contributed by atoms with E-state index in [9.17, 15) is 8.42 Å². The third-order valence-electron chi connectivity index (χ3n) is 3.60. The highest BCUT2D eigenvalue weighted by Crippen LogP contribution is 2.48. The predicted octanol–water partition coefficient (Wildman–Crippen LogP) is 4.52. The number of aryl methyl sites for hydroxylation is 1. The highest BCUT2D eigenvalue weighted by molar-refractivity contribution is 7.99. The molecule has 0 N–H and O–H groups in total. The van der Waals surface area contributed by atoms with Gasteiger partial charge in [-0.25, -0.2) is 5.06 Å². The Morgan fingerprint density at radius 3 is 2.52 bits per heavy atom. The van der Waals surface area contributed by atoms with Gasteiger partial charge in [0.2, 0.25) is 0 Å². The predicted molar refractivity (Wildman–Crippen MR) is 93.7 cm³/mol. The maximum atomic E-state index is 12.2. The molecule has 1 aliphatic rings. The molecule has 0 saturated carbocycles. The molecule has 2 aromatic rings. The van der Waals surface area contributed by atoms with Gasteiger partial charge in [0.05, 0.1) is 17.1 Å². The van der Waals surface area contributed by atoms with Gasteiger partial charge in [-0.3, -0.25) is 0 Å². The zero-order chi connectivity index (χ0) is 16.4. The summed E-state index contributed by atoms with van der Waals surface area (Å²) in [6.07, 6.45) is 1.41. The summed E-state index contributed by atoms with van der Waals surface area (Å²) in [7, 11) is -3.62. The van der Waals surface area contributed by atoms with E-state index in [1.165, 1.54) is 5.06 Å². The number of para-hydroxylation sites is 1. The molecule has 0 bridgehead atoms. The van der Waals surface area contributed by atoms with Crippen LogP contribution in [0, 0.1) is 0 Å². The van der Waals surface area contributed by atoms with Crippen molar-refractivity contribution in [1.29, 1.82) is 0 Å². The largest absolute Gasteiger partial charge is 0.288 e. The van der Waals surface area contributed by atoms with Gasteiger partial charge in [0, 0.05) is 9.79 Å². The summed E-state index contributed by atoms with van der Waals surface area (Å²) in [6.45, 7) is 3.90. The SMILES string of the molecule is CCCS(=O)(=O)ON1c2ccccc2Sc2ccc(CC)cc21. The smallest absolute Gasteiger partial charge is 0.202 e. The summed E-state index contributed by atoms with van der Waals surface area (Å²) in [5, 5.41) is 1.46. The fourth-order valence-electron chi connectivity index (χ4n) is 2.47. The fraction of sp³-hybridized carbons (Fsp3) is 0.294. The van der Waals surface area contributed by atoms with Crippen LogP contribution in [0.15, 0.2) is 52.3 Å². The molecule has 0 aliphatic carbocycles. The van der Waals surface area contributed by atoms with Crippen LogP contribution in [0.4, 0.5) is 11.4 Å². The van der Waals surface area contributed by atoms with E-state index in [0.29, 0.717) is 6.42 Å². The first-order valence-corrected chi connectivity index (χ1v) is 10.1. The van der Waals surface area contributed by atoms with Crippen molar-refractivity contribution >= 4 is 33.3 Å². The van der Waals surface area contributed by atoms with Gasteiger partial charge in [-0.15, -0.1) is 4.28 Å². The van der Waals surface area contributed by atoms with Crippen molar-refractivity contribution in [2.24, 2.45) is 0 Å². The van der Waals surface area contributed by atoms with Crippen LogP contribution in [0.3, 0.4) is 0 Å². The summed E-state index contributed by atoms with van der Waals surface area (Å²) in [6, 6.07) is 13.8. The van der Waals surface area contributed by atoms with Gasteiger partial charge in [0.1, 0.15) is 0 Å². The molecule has 0 aromatic heterocycles. The molecule has 122 valence electrons. The van der Waals surface area contributed by atoms with Crippen LogP contribution >= 0.6 is 11.8 Å². The monoisotopic (exact) mass is 349 g/mol. The molecule has 2 aromatic carbocycles. The van der Waals surface area contributed by atoms with Crippen molar-refractivity contribution in [3.8, 4) is 0 Å². The molecule has 0 saturated heterocycles. The maximum Gasteiger partial charge on any atom is 0.288 e. The maximum absolute atomic E-state index is 12.2. The lowest BCUT2D eigenvalue weighted by Crippen LogP contribution is -2.26. The standard InChI is InChI=1S/C17H19NO3S2/c1-3-11-23(19,20)21-18-14-7-5-6-8-16(14)22-17-10-9-13(4-2)12-15(17)18/h5-10,12H,3-4,11H2,1-2H3. The minimum atomic E-state index is -3.62. The summed E-state index contributed by atoms with van der Waals surface area (Å²) in [5.74, 6) is 0.00160. The summed E-state index contributed by atoms with van der Waals surface area (Å²) in [4.78, 5) is 1.98. The Hall–Kier alpha value is -1.50. The van der Waals surface area contributed by atoms with Crippen molar-refractivity contribution < 1.29 is 12.7 Å². The van der Waals surface area contributed by atoms with E-state index in [0.717, 1.165) is 33.2 Å². The zero-order valence-electron chi connectivity index (χ0n) is 13.2. The summed E-state index contributed by atoms with van der Waals surface area (Å²) >= 11 is 1.63. The molecule has 3 rings (SSSR count). The third-order valence-corrected chi connectivity index (χ3v) is 6.01. The van der Waals surface area contributed by atoms with Gasteiger partial charge in [-0.2, -0.15) is 8.42 Å². The molecular formula is C17H19NO3S2. The van der Waals surface area contributed by atoms with Gasteiger partial charge in [-0.1, -0.05) is 43.8 Å².